The summed E-state index contributed by atoms with van der Waals surface area (Å²) >= 11 is 0. The molecular weight excluding hydrogens is 248 g/mol. The average Bonchev–Trinajstić information content (AvgIpc) is 2.49. The van der Waals surface area contributed by atoms with Crippen LogP contribution in [0.4, 0.5) is 0 Å². The Labute approximate surface area is 116 Å². The van der Waals surface area contributed by atoms with Crippen LogP contribution >= 0.6 is 0 Å². The van der Waals surface area contributed by atoms with Crippen molar-refractivity contribution in [3.63, 3.8) is 0 Å². The highest BCUT2D eigenvalue weighted by Crippen LogP contribution is 2.34. The summed E-state index contributed by atoms with van der Waals surface area (Å²) in [6.45, 7) is 11.4. The Morgan fingerprint density at radius 2 is 1.58 bits per heavy atom. The summed E-state index contributed by atoms with van der Waals surface area (Å²) in [5, 5.41) is 11.6. The minimum atomic E-state index is -1.38. The smallest absolute Gasteiger partial charge is 0.0859 e. The Morgan fingerprint density at radius 1 is 1.00 bits per heavy atom. The summed E-state index contributed by atoms with van der Waals surface area (Å²) in [5.41, 5.74) is 1.29. The third-order valence-electron chi connectivity index (χ3n) is 4.57. The molecule has 0 aliphatic rings. The number of hydrogen-bond acceptors (Lipinski definition) is 2. The van der Waals surface area contributed by atoms with Crippen molar-refractivity contribution in [3.05, 3.63) is 42.7 Å². The molecule has 2 rings (SSSR count). The molecule has 0 amide bonds. The maximum Gasteiger partial charge on any atom is 0.0859 e. The van der Waals surface area contributed by atoms with Crippen molar-refractivity contribution >= 4 is 24.0 Å². The number of rotatable bonds is 5. The molecule has 2 nitrogen and oxygen atoms in total. The van der Waals surface area contributed by atoms with Gasteiger partial charge in [0.15, 0.2) is 0 Å². The topological polar surface area (TPSA) is 25.8 Å². The van der Waals surface area contributed by atoms with Gasteiger partial charge < -0.3 is 0 Å². The quantitative estimate of drug-likeness (QED) is 0.737. The summed E-state index contributed by atoms with van der Waals surface area (Å²) in [4.78, 5) is 0. The van der Waals surface area contributed by atoms with E-state index in [-0.39, 0.29) is 0 Å². The Morgan fingerprint density at radius 3 is 2.16 bits per heavy atom. The zero-order valence-corrected chi connectivity index (χ0v) is 13.1. The van der Waals surface area contributed by atoms with Crippen LogP contribution < -0.4 is 0 Å². The Kier molecular flexibility index (Phi) is 4.15. The van der Waals surface area contributed by atoms with Crippen molar-refractivity contribution in [3.8, 4) is 0 Å². The maximum atomic E-state index is 4.44. The van der Waals surface area contributed by atoms with Gasteiger partial charge in [0.2, 0.25) is 0 Å². The Hall–Kier alpha value is -1.48. The highest BCUT2D eigenvalue weighted by atomic mass is 28.3. The normalized spacial score (nSPS) is 11.7. The molecule has 0 saturated heterocycles. The summed E-state index contributed by atoms with van der Waals surface area (Å²) in [7, 11) is -1.38. The van der Waals surface area contributed by atoms with E-state index in [0.29, 0.717) is 0 Å². The van der Waals surface area contributed by atoms with Gasteiger partial charge in [-0.25, -0.2) is 0 Å². The standard InChI is InChI=1S/C16H22N2Si/c1-5-19(6-2,7-3)13(4)14-8-9-15-11-17-18-12-16(15)10-14/h8-12H,4-7H2,1-3H3. The molecule has 3 heteroatoms. The van der Waals surface area contributed by atoms with Gasteiger partial charge in [0.1, 0.15) is 0 Å². The van der Waals surface area contributed by atoms with Crippen molar-refractivity contribution < 1.29 is 0 Å². The zero-order valence-electron chi connectivity index (χ0n) is 12.1. The molecule has 0 aliphatic carbocycles. The second-order valence-electron chi connectivity index (χ2n) is 5.15. The van der Waals surface area contributed by atoms with Gasteiger partial charge in [-0.05, 0) is 11.6 Å². The van der Waals surface area contributed by atoms with Gasteiger partial charge in [0.05, 0.1) is 20.5 Å². The number of fused-ring (bicyclic) bond motifs is 1. The zero-order chi connectivity index (χ0) is 13.9. The van der Waals surface area contributed by atoms with Crippen LogP contribution in [0, 0.1) is 0 Å². The van der Waals surface area contributed by atoms with Crippen LogP contribution in [0.15, 0.2) is 37.2 Å². The predicted molar refractivity (Wildman–Crippen MR) is 85.8 cm³/mol. The number of nitrogens with zero attached hydrogens (tertiary/aromatic N) is 2. The summed E-state index contributed by atoms with van der Waals surface area (Å²) in [5.74, 6) is 0. The van der Waals surface area contributed by atoms with Crippen LogP contribution in [-0.2, 0) is 0 Å². The van der Waals surface area contributed by atoms with Crippen molar-refractivity contribution in [2.24, 2.45) is 0 Å². The largest absolute Gasteiger partial charge is 0.158 e. The summed E-state index contributed by atoms with van der Waals surface area (Å²) < 4.78 is 0. The van der Waals surface area contributed by atoms with Gasteiger partial charge in [-0.3, -0.25) is 0 Å². The number of benzene rings is 1. The van der Waals surface area contributed by atoms with Gasteiger partial charge >= 0.3 is 0 Å². The fraction of sp³-hybridized carbons (Fsp3) is 0.375. The molecule has 0 bridgehead atoms. The first-order valence-electron chi connectivity index (χ1n) is 7.07. The number of hydrogen-bond donors (Lipinski definition) is 0. The van der Waals surface area contributed by atoms with Crippen molar-refractivity contribution in [2.45, 2.75) is 38.9 Å². The van der Waals surface area contributed by atoms with Crippen LogP contribution in [0.3, 0.4) is 0 Å². The van der Waals surface area contributed by atoms with Crippen LogP contribution in [0.1, 0.15) is 26.3 Å². The fourth-order valence-electron chi connectivity index (χ4n) is 2.88. The molecule has 0 atom stereocenters. The Balaban J connectivity index is 2.46. The van der Waals surface area contributed by atoms with Crippen molar-refractivity contribution in [2.75, 3.05) is 0 Å². The van der Waals surface area contributed by atoms with Crippen LogP contribution in [-0.4, -0.2) is 18.3 Å². The van der Waals surface area contributed by atoms with Gasteiger partial charge in [0.25, 0.3) is 0 Å². The number of aromatic nitrogens is 2. The highest BCUT2D eigenvalue weighted by molar-refractivity contribution is 6.96. The van der Waals surface area contributed by atoms with E-state index in [9.17, 15) is 0 Å². The molecule has 0 spiro atoms. The van der Waals surface area contributed by atoms with Gasteiger partial charge in [0, 0.05) is 10.8 Å². The van der Waals surface area contributed by atoms with Crippen LogP contribution in [0.25, 0.3) is 16.0 Å². The van der Waals surface area contributed by atoms with E-state index in [4.69, 9.17) is 0 Å². The first-order valence-corrected chi connectivity index (χ1v) is 9.69. The maximum absolute atomic E-state index is 4.44. The lowest BCUT2D eigenvalue weighted by Crippen LogP contribution is -2.33. The molecule has 19 heavy (non-hydrogen) atoms. The first-order chi connectivity index (χ1) is 9.16. The van der Waals surface area contributed by atoms with E-state index >= 15 is 0 Å². The molecule has 1 aromatic carbocycles. The summed E-state index contributed by atoms with van der Waals surface area (Å²) in [6.07, 6.45) is 3.64. The van der Waals surface area contributed by atoms with Gasteiger partial charge in [-0.1, -0.05) is 62.8 Å². The first kappa shape index (κ1) is 13.9. The molecule has 0 radical (unpaired) electrons. The van der Waals surface area contributed by atoms with Crippen LogP contribution in [0.5, 0.6) is 0 Å². The second-order valence-corrected chi connectivity index (χ2v) is 10.4. The molecular formula is C16H22N2Si. The van der Waals surface area contributed by atoms with Gasteiger partial charge in [-0.15, -0.1) is 0 Å². The lowest BCUT2D eigenvalue weighted by atomic mass is 10.1. The van der Waals surface area contributed by atoms with E-state index in [0.717, 1.165) is 10.8 Å². The highest BCUT2D eigenvalue weighted by Gasteiger charge is 2.30. The van der Waals surface area contributed by atoms with E-state index in [1.165, 1.54) is 28.9 Å². The minimum Gasteiger partial charge on any atom is -0.158 e. The predicted octanol–water partition coefficient (Wildman–Crippen LogP) is 4.69. The molecule has 1 heterocycles. The molecule has 0 N–H and O–H groups in total. The van der Waals surface area contributed by atoms with Gasteiger partial charge in [-0.2, -0.15) is 10.2 Å². The molecule has 1 aromatic heterocycles. The Bertz CT molecular complexity index is 580. The van der Waals surface area contributed by atoms with E-state index in [2.05, 4.69) is 55.7 Å². The minimum absolute atomic E-state index is 1.14. The summed E-state index contributed by atoms with van der Waals surface area (Å²) in [6, 6.07) is 10.3. The van der Waals surface area contributed by atoms with E-state index in [1.807, 2.05) is 12.4 Å². The average molecular weight is 270 g/mol. The van der Waals surface area contributed by atoms with Crippen molar-refractivity contribution in [1.29, 1.82) is 0 Å². The fourth-order valence-corrected chi connectivity index (χ4v) is 6.43. The molecule has 0 fully saturated rings. The lowest BCUT2D eigenvalue weighted by molar-refractivity contribution is 1.05. The lowest BCUT2D eigenvalue weighted by Gasteiger charge is -2.31. The van der Waals surface area contributed by atoms with Crippen molar-refractivity contribution in [1.82, 2.24) is 10.2 Å². The molecule has 2 aromatic rings. The molecule has 0 unspecified atom stereocenters. The van der Waals surface area contributed by atoms with Crippen LogP contribution in [0.2, 0.25) is 18.1 Å². The monoisotopic (exact) mass is 270 g/mol. The van der Waals surface area contributed by atoms with E-state index < -0.39 is 8.07 Å². The molecule has 100 valence electrons. The molecule has 0 saturated carbocycles. The molecule has 0 aliphatic heterocycles. The third kappa shape index (κ3) is 2.47. The second kappa shape index (κ2) is 5.66. The third-order valence-corrected chi connectivity index (χ3v) is 10.2. The SMILES string of the molecule is C=C(c1ccc2cnncc2c1)[Si](CC)(CC)CC. The van der Waals surface area contributed by atoms with E-state index in [1.54, 1.807) is 0 Å².